The number of aromatic nitrogens is 1. The molecule has 0 spiro atoms. The van der Waals surface area contributed by atoms with Crippen molar-refractivity contribution in [1.82, 2.24) is 10.3 Å². The predicted molar refractivity (Wildman–Crippen MR) is 103 cm³/mol. The molecule has 0 aliphatic carbocycles. The molecular weight excluding hydrogens is 314 g/mol. The molecule has 4 heteroatoms. The Balaban J connectivity index is 1.54. The molecule has 0 bridgehead atoms. The number of thioether (sulfide) groups is 1. The second kappa shape index (κ2) is 6.57. The van der Waals surface area contributed by atoms with Crippen LogP contribution in [0.25, 0.3) is 17.0 Å². The maximum Gasteiger partial charge on any atom is 0.152 e. The van der Waals surface area contributed by atoms with Gasteiger partial charge in [0.2, 0.25) is 0 Å². The van der Waals surface area contributed by atoms with Gasteiger partial charge in [-0.2, -0.15) is 0 Å². The van der Waals surface area contributed by atoms with E-state index in [1.165, 1.54) is 21.5 Å². The minimum atomic E-state index is 0.233. The van der Waals surface area contributed by atoms with Crippen LogP contribution in [0.4, 0.5) is 5.69 Å². The number of anilines is 1. The van der Waals surface area contributed by atoms with Crippen molar-refractivity contribution in [3.63, 3.8) is 0 Å². The summed E-state index contributed by atoms with van der Waals surface area (Å²) >= 11 is 1.86. The molecular formula is C20H19N3S. The molecule has 3 nitrogen and oxygen atoms in total. The number of fused-ring (bicyclic) bond motifs is 2. The fourth-order valence-electron chi connectivity index (χ4n) is 3.05. The number of nitrogens with zero attached hydrogens (tertiary/aromatic N) is 2. The predicted octanol–water partition coefficient (Wildman–Crippen LogP) is 4.71. The van der Waals surface area contributed by atoms with Crippen LogP contribution in [0.2, 0.25) is 0 Å². The molecule has 1 aliphatic rings. The SMILES string of the molecule is CCN1c2ccccc2SC1NC=Cc1ccnc2ccccc12. The highest BCUT2D eigenvalue weighted by molar-refractivity contribution is 8.00. The first-order chi connectivity index (χ1) is 11.9. The van der Waals surface area contributed by atoms with E-state index >= 15 is 0 Å². The van der Waals surface area contributed by atoms with Crippen LogP contribution < -0.4 is 10.2 Å². The highest BCUT2D eigenvalue weighted by Crippen LogP contribution is 2.41. The number of rotatable bonds is 4. The molecule has 1 aromatic heterocycles. The number of hydrogen-bond acceptors (Lipinski definition) is 4. The second-order valence-electron chi connectivity index (χ2n) is 5.64. The van der Waals surface area contributed by atoms with E-state index in [2.05, 4.69) is 70.7 Å². The molecule has 3 aromatic rings. The molecule has 0 saturated carbocycles. The van der Waals surface area contributed by atoms with Gasteiger partial charge in [0.25, 0.3) is 0 Å². The van der Waals surface area contributed by atoms with E-state index in [-0.39, 0.29) is 5.50 Å². The summed E-state index contributed by atoms with van der Waals surface area (Å²) in [6, 6.07) is 18.9. The van der Waals surface area contributed by atoms with Gasteiger partial charge in [0, 0.05) is 23.0 Å². The van der Waals surface area contributed by atoms with Gasteiger partial charge in [-0.1, -0.05) is 42.1 Å². The highest BCUT2D eigenvalue weighted by atomic mass is 32.2. The highest BCUT2D eigenvalue weighted by Gasteiger charge is 2.27. The van der Waals surface area contributed by atoms with Gasteiger partial charge in [-0.25, -0.2) is 0 Å². The zero-order valence-electron chi connectivity index (χ0n) is 13.5. The number of para-hydroxylation sites is 2. The third-order valence-electron chi connectivity index (χ3n) is 4.22. The summed E-state index contributed by atoms with van der Waals surface area (Å²) in [6.07, 6.45) is 6.04. The molecule has 24 heavy (non-hydrogen) atoms. The lowest BCUT2D eigenvalue weighted by atomic mass is 10.1. The van der Waals surface area contributed by atoms with Crippen molar-refractivity contribution in [1.29, 1.82) is 0 Å². The maximum absolute atomic E-state index is 4.41. The van der Waals surface area contributed by atoms with Crippen LogP contribution in [0.15, 0.2) is 71.9 Å². The van der Waals surface area contributed by atoms with E-state index in [4.69, 9.17) is 0 Å². The van der Waals surface area contributed by atoms with Crippen molar-refractivity contribution in [3.8, 4) is 0 Å². The average molecular weight is 333 g/mol. The number of benzene rings is 2. The van der Waals surface area contributed by atoms with Crippen LogP contribution in [0.1, 0.15) is 12.5 Å². The van der Waals surface area contributed by atoms with Gasteiger partial charge in [-0.15, -0.1) is 0 Å². The first kappa shape index (κ1) is 15.1. The fourth-order valence-corrected chi connectivity index (χ4v) is 4.29. The molecule has 1 atom stereocenters. The summed E-state index contributed by atoms with van der Waals surface area (Å²) in [6.45, 7) is 3.17. The van der Waals surface area contributed by atoms with E-state index < -0.39 is 0 Å². The normalized spacial score (nSPS) is 16.7. The molecule has 0 amide bonds. The lowest BCUT2D eigenvalue weighted by Crippen LogP contribution is -2.37. The minimum Gasteiger partial charge on any atom is -0.363 e. The second-order valence-corrected chi connectivity index (χ2v) is 6.76. The average Bonchev–Trinajstić information content (AvgIpc) is 2.99. The first-order valence-electron chi connectivity index (χ1n) is 8.15. The smallest absolute Gasteiger partial charge is 0.152 e. The molecule has 1 N–H and O–H groups in total. The quantitative estimate of drug-likeness (QED) is 0.748. The van der Waals surface area contributed by atoms with Gasteiger partial charge < -0.3 is 10.2 Å². The Morgan fingerprint density at radius 1 is 1.12 bits per heavy atom. The summed E-state index contributed by atoms with van der Waals surface area (Å²) in [7, 11) is 0. The third kappa shape index (κ3) is 2.74. The van der Waals surface area contributed by atoms with E-state index in [0.717, 1.165) is 12.1 Å². The Kier molecular flexibility index (Phi) is 4.13. The summed E-state index contributed by atoms with van der Waals surface area (Å²) in [5, 5.41) is 4.70. The number of nitrogens with one attached hydrogen (secondary N) is 1. The first-order valence-corrected chi connectivity index (χ1v) is 9.03. The van der Waals surface area contributed by atoms with Crippen molar-refractivity contribution in [2.45, 2.75) is 17.3 Å². The Labute approximate surface area is 146 Å². The summed E-state index contributed by atoms with van der Waals surface area (Å²) in [5.74, 6) is 0. The van der Waals surface area contributed by atoms with Gasteiger partial charge in [0.05, 0.1) is 11.2 Å². The topological polar surface area (TPSA) is 28.2 Å². The van der Waals surface area contributed by atoms with Gasteiger partial charge in [0.15, 0.2) is 5.50 Å². The van der Waals surface area contributed by atoms with Crippen molar-refractivity contribution in [3.05, 3.63) is 72.6 Å². The number of pyridine rings is 1. The Hall–Kier alpha value is -2.46. The van der Waals surface area contributed by atoms with Crippen molar-refractivity contribution >= 4 is 34.4 Å². The van der Waals surface area contributed by atoms with Gasteiger partial charge in [-0.05, 0) is 49.0 Å². The lowest BCUT2D eigenvalue weighted by molar-refractivity contribution is 0.724. The van der Waals surface area contributed by atoms with Crippen molar-refractivity contribution < 1.29 is 0 Å². The molecule has 4 rings (SSSR count). The molecule has 0 fully saturated rings. The molecule has 120 valence electrons. The molecule has 2 heterocycles. The Bertz CT molecular complexity index is 885. The van der Waals surface area contributed by atoms with Gasteiger partial charge in [0.1, 0.15) is 0 Å². The minimum absolute atomic E-state index is 0.233. The fraction of sp³-hybridized carbons (Fsp3) is 0.150. The van der Waals surface area contributed by atoms with Crippen molar-refractivity contribution in [2.75, 3.05) is 11.4 Å². The molecule has 1 unspecified atom stereocenters. The van der Waals surface area contributed by atoms with Crippen LogP contribution >= 0.6 is 11.8 Å². The summed E-state index contributed by atoms with van der Waals surface area (Å²) in [4.78, 5) is 8.13. The molecule has 1 aliphatic heterocycles. The van der Waals surface area contributed by atoms with E-state index in [1.54, 1.807) is 0 Å². The van der Waals surface area contributed by atoms with E-state index in [9.17, 15) is 0 Å². The molecule has 0 saturated heterocycles. The zero-order valence-corrected chi connectivity index (χ0v) is 14.3. The standard InChI is InChI=1S/C20H19N3S/c1-2-23-18-9-5-6-10-19(18)24-20(23)22-14-12-15-11-13-21-17-8-4-3-7-16(15)17/h3-14,20,22H,2H2,1H3. The monoisotopic (exact) mass is 333 g/mol. The van der Waals surface area contributed by atoms with Crippen LogP contribution in [-0.2, 0) is 0 Å². The van der Waals surface area contributed by atoms with Crippen LogP contribution in [0.5, 0.6) is 0 Å². The zero-order chi connectivity index (χ0) is 16.4. The van der Waals surface area contributed by atoms with Crippen LogP contribution in [0.3, 0.4) is 0 Å². The van der Waals surface area contributed by atoms with E-state index in [0.29, 0.717) is 0 Å². The molecule has 0 radical (unpaired) electrons. The summed E-state index contributed by atoms with van der Waals surface area (Å²) < 4.78 is 0. The van der Waals surface area contributed by atoms with Crippen LogP contribution in [0, 0.1) is 0 Å². The maximum atomic E-state index is 4.41. The third-order valence-corrected chi connectivity index (χ3v) is 5.43. The van der Waals surface area contributed by atoms with Gasteiger partial charge >= 0.3 is 0 Å². The van der Waals surface area contributed by atoms with Crippen molar-refractivity contribution in [2.24, 2.45) is 0 Å². The van der Waals surface area contributed by atoms with Gasteiger partial charge in [-0.3, -0.25) is 4.98 Å². The lowest BCUT2D eigenvalue weighted by Gasteiger charge is -2.24. The summed E-state index contributed by atoms with van der Waals surface area (Å²) in [5.41, 5.74) is 3.75. The Morgan fingerprint density at radius 3 is 2.88 bits per heavy atom. The van der Waals surface area contributed by atoms with E-state index in [1.807, 2.05) is 36.3 Å². The largest absolute Gasteiger partial charge is 0.363 e. The molecule has 2 aromatic carbocycles. The number of hydrogen-bond donors (Lipinski definition) is 1. The Morgan fingerprint density at radius 2 is 1.96 bits per heavy atom. The van der Waals surface area contributed by atoms with Crippen LogP contribution in [-0.4, -0.2) is 17.0 Å².